The molecule has 6 nitrogen and oxygen atoms in total. The number of esters is 1. The minimum absolute atomic E-state index is 0.00501. The van der Waals surface area contributed by atoms with E-state index in [0.717, 1.165) is 57.8 Å². The fraction of sp³-hybridized carbons (Fsp3) is 0.969. The number of carbonyl (C=O) groups excluding carboxylic acids is 1. The Morgan fingerprint density at radius 3 is 2.18 bits per heavy atom. The predicted octanol–water partition coefficient (Wildman–Crippen LogP) is 5.01. The maximum Gasteiger partial charge on any atom is 0.302 e. The monoisotopic (exact) mass is 532 g/mol. The van der Waals surface area contributed by atoms with E-state index in [0.29, 0.717) is 5.92 Å². The number of fused-ring (bicyclic) bond motifs is 2. The lowest BCUT2D eigenvalue weighted by Crippen LogP contribution is -2.62. The second kappa shape index (κ2) is 7.77. The largest absolute Gasteiger partial charge is 0.462 e. The molecule has 0 aromatic carbocycles. The molecule has 0 radical (unpaired) electrons. The van der Waals surface area contributed by atoms with Crippen molar-refractivity contribution in [3.63, 3.8) is 0 Å². The minimum atomic E-state index is -0.900. The SMILES string of the molecule is CC(=O)O[C@H]1CC[C@]23C[C@]24CC[C@]2(C)[C@@H]([C@@]5(C)CC[C@@H](C(C)(C)O)O5)[C@@H](O)C[C@@]2(C)C4C[C@H](O)[C@H]3C1(C)C. The summed E-state index contributed by atoms with van der Waals surface area (Å²) < 4.78 is 12.5. The van der Waals surface area contributed by atoms with Gasteiger partial charge in [0.15, 0.2) is 0 Å². The molecule has 3 N–H and O–H groups in total. The Morgan fingerprint density at radius 2 is 1.58 bits per heavy atom. The molecule has 2 spiro atoms. The summed E-state index contributed by atoms with van der Waals surface area (Å²) in [5, 5.41) is 34.4. The molecule has 1 aliphatic heterocycles. The fourth-order valence-electron chi connectivity index (χ4n) is 12.5. The molecule has 12 atom stereocenters. The van der Waals surface area contributed by atoms with Crippen LogP contribution in [0.3, 0.4) is 0 Å². The van der Waals surface area contributed by atoms with Crippen molar-refractivity contribution in [1.29, 1.82) is 0 Å². The van der Waals surface area contributed by atoms with Crippen LogP contribution in [0.4, 0.5) is 0 Å². The summed E-state index contributed by atoms with van der Waals surface area (Å²) in [7, 11) is 0. The van der Waals surface area contributed by atoms with Crippen molar-refractivity contribution >= 4 is 5.97 Å². The van der Waals surface area contributed by atoms with E-state index in [-0.39, 0.29) is 57.1 Å². The Balaban J connectivity index is 1.34. The second-order valence-corrected chi connectivity index (χ2v) is 16.5. The Bertz CT molecular complexity index is 1020. The topological polar surface area (TPSA) is 96.2 Å². The molecule has 0 aromatic rings. The van der Waals surface area contributed by atoms with E-state index in [1.54, 1.807) is 0 Å². The first-order chi connectivity index (χ1) is 17.4. The third kappa shape index (κ3) is 3.18. The van der Waals surface area contributed by atoms with Gasteiger partial charge in [0.1, 0.15) is 6.10 Å². The van der Waals surface area contributed by atoms with Crippen LogP contribution in [0.15, 0.2) is 0 Å². The molecule has 1 unspecified atom stereocenters. The predicted molar refractivity (Wildman–Crippen MR) is 144 cm³/mol. The van der Waals surface area contributed by atoms with Crippen LogP contribution >= 0.6 is 0 Å². The number of ether oxygens (including phenoxy) is 2. The molecule has 216 valence electrons. The van der Waals surface area contributed by atoms with Gasteiger partial charge in [-0.3, -0.25) is 4.79 Å². The molecule has 5 aliphatic carbocycles. The molecule has 38 heavy (non-hydrogen) atoms. The van der Waals surface area contributed by atoms with Crippen molar-refractivity contribution in [1.82, 2.24) is 0 Å². The van der Waals surface area contributed by atoms with E-state index < -0.39 is 23.4 Å². The van der Waals surface area contributed by atoms with Gasteiger partial charge < -0.3 is 24.8 Å². The van der Waals surface area contributed by atoms with Crippen LogP contribution in [0.2, 0.25) is 0 Å². The highest BCUT2D eigenvalue weighted by Gasteiger charge is 2.85. The molecule has 6 heteroatoms. The van der Waals surface area contributed by atoms with Crippen molar-refractivity contribution in [2.45, 2.75) is 149 Å². The molecule has 0 aromatic heterocycles. The van der Waals surface area contributed by atoms with Crippen molar-refractivity contribution in [3.8, 4) is 0 Å². The Morgan fingerprint density at radius 1 is 0.895 bits per heavy atom. The number of carbonyl (C=O) groups is 1. The fourth-order valence-corrected chi connectivity index (χ4v) is 12.5. The zero-order valence-corrected chi connectivity index (χ0v) is 25.0. The van der Waals surface area contributed by atoms with Gasteiger partial charge in [0.2, 0.25) is 0 Å². The highest BCUT2D eigenvalue weighted by Crippen LogP contribution is 2.89. The molecule has 0 amide bonds. The van der Waals surface area contributed by atoms with Gasteiger partial charge >= 0.3 is 5.97 Å². The summed E-state index contributed by atoms with van der Waals surface area (Å²) in [6.45, 7) is 16.6. The van der Waals surface area contributed by atoms with Gasteiger partial charge in [0.05, 0.1) is 29.5 Å². The summed E-state index contributed by atoms with van der Waals surface area (Å²) in [4.78, 5) is 11.9. The highest BCUT2D eigenvalue weighted by molar-refractivity contribution is 5.66. The first-order valence-electron chi connectivity index (χ1n) is 15.3. The van der Waals surface area contributed by atoms with Crippen molar-refractivity contribution in [3.05, 3.63) is 0 Å². The third-order valence-corrected chi connectivity index (χ3v) is 14.0. The lowest BCUT2D eigenvalue weighted by atomic mass is 9.41. The Hall–Kier alpha value is -0.690. The summed E-state index contributed by atoms with van der Waals surface area (Å²) >= 11 is 0. The van der Waals surface area contributed by atoms with E-state index in [1.165, 1.54) is 6.92 Å². The number of hydrogen-bond acceptors (Lipinski definition) is 6. The summed E-state index contributed by atoms with van der Waals surface area (Å²) in [6.07, 6.45) is 7.16. The van der Waals surface area contributed by atoms with Crippen LogP contribution in [-0.4, -0.2) is 56.9 Å². The molecule has 1 heterocycles. The van der Waals surface area contributed by atoms with Gasteiger partial charge in [0.25, 0.3) is 0 Å². The van der Waals surface area contributed by atoms with Gasteiger partial charge in [-0.1, -0.05) is 27.7 Å². The van der Waals surface area contributed by atoms with Gasteiger partial charge in [-0.2, -0.15) is 0 Å². The van der Waals surface area contributed by atoms with Crippen LogP contribution < -0.4 is 0 Å². The Kier molecular flexibility index (Phi) is 5.62. The first-order valence-corrected chi connectivity index (χ1v) is 15.3. The highest BCUT2D eigenvalue weighted by atomic mass is 16.5. The van der Waals surface area contributed by atoms with Gasteiger partial charge in [0, 0.05) is 18.3 Å². The van der Waals surface area contributed by atoms with E-state index in [1.807, 2.05) is 13.8 Å². The van der Waals surface area contributed by atoms with Crippen LogP contribution in [0.5, 0.6) is 0 Å². The molecular weight excluding hydrogens is 480 g/mol. The van der Waals surface area contributed by atoms with E-state index in [2.05, 4.69) is 34.6 Å². The molecular formula is C32H52O6. The van der Waals surface area contributed by atoms with Crippen molar-refractivity contribution < 1.29 is 29.6 Å². The smallest absolute Gasteiger partial charge is 0.302 e. The van der Waals surface area contributed by atoms with E-state index >= 15 is 0 Å². The molecule has 6 fully saturated rings. The number of aliphatic hydroxyl groups is 3. The van der Waals surface area contributed by atoms with Crippen LogP contribution in [-0.2, 0) is 14.3 Å². The van der Waals surface area contributed by atoms with Crippen LogP contribution in [0.1, 0.15) is 113 Å². The van der Waals surface area contributed by atoms with Gasteiger partial charge in [-0.25, -0.2) is 0 Å². The summed E-state index contributed by atoms with van der Waals surface area (Å²) in [5.41, 5.74) is -1.54. The summed E-state index contributed by atoms with van der Waals surface area (Å²) in [5.74, 6) is 0.262. The summed E-state index contributed by atoms with van der Waals surface area (Å²) in [6, 6.07) is 0. The molecule has 6 rings (SSSR count). The van der Waals surface area contributed by atoms with Crippen LogP contribution in [0.25, 0.3) is 0 Å². The molecule has 0 bridgehead atoms. The second-order valence-electron chi connectivity index (χ2n) is 16.5. The zero-order valence-electron chi connectivity index (χ0n) is 25.0. The zero-order chi connectivity index (χ0) is 27.9. The number of rotatable bonds is 3. The standard InChI is InChI=1S/C32H52O6/c1-18(33)37-22-10-12-32-17-31(32)14-13-28(6)25(30(8)11-9-23(38-30)27(4,5)36)20(35)16-29(28,7)21(31)15-19(34)24(32)26(22,2)3/h19-25,34-36H,9-17H2,1-8H3/t19-,20-,21?,22-,23-,24-,25-,28+,29-,30+,31-,32+/m0/s1. The van der Waals surface area contributed by atoms with Crippen LogP contribution in [0, 0.1) is 44.8 Å². The first kappa shape index (κ1) is 27.5. The van der Waals surface area contributed by atoms with E-state index in [9.17, 15) is 20.1 Å². The third-order valence-electron chi connectivity index (χ3n) is 14.0. The number of hydrogen-bond donors (Lipinski definition) is 3. The lowest BCUT2D eigenvalue weighted by Gasteiger charge is -2.64. The lowest BCUT2D eigenvalue weighted by molar-refractivity contribution is -0.217. The maximum atomic E-state index is 11.9. The average molecular weight is 533 g/mol. The minimum Gasteiger partial charge on any atom is -0.462 e. The van der Waals surface area contributed by atoms with E-state index in [4.69, 9.17) is 9.47 Å². The normalized spacial score (nSPS) is 56.9. The van der Waals surface area contributed by atoms with Crippen molar-refractivity contribution in [2.24, 2.45) is 44.8 Å². The molecule has 6 aliphatic rings. The van der Waals surface area contributed by atoms with Gasteiger partial charge in [-0.05, 0) is 112 Å². The molecule has 5 saturated carbocycles. The van der Waals surface area contributed by atoms with Crippen molar-refractivity contribution in [2.75, 3.05) is 0 Å². The Labute approximate surface area is 229 Å². The maximum absolute atomic E-state index is 11.9. The quantitative estimate of drug-likeness (QED) is 0.443. The number of aliphatic hydroxyl groups excluding tert-OH is 2. The van der Waals surface area contributed by atoms with Gasteiger partial charge in [-0.15, -0.1) is 0 Å². The molecule has 1 saturated heterocycles. The average Bonchev–Trinajstić information content (AvgIpc) is 3.12.